The molecule has 0 amide bonds. The number of halogens is 4. The van der Waals surface area contributed by atoms with Crippen molar-refractivity contribution in [1.29, 1.82) is 0 Å². The number of fused-ring (bicyclic) bond motifs is 6. The van der Waals surface area contributed by atoms with Gasteiger partial charge in [-0.2, -0.15) is 0 Å². The van der Waals surface area contributed by atoms with Gasteiger partial charge in [-0.1, -0.05) is 29.8 Å². The second-order valence-corrected chi connectivity index (χ2v) is 10.2. The molecule has 0 saturated heterocycles. The van der Waals surface area contributed by atoms with E-state index in [9.17, 15) is 15.0 Å². The molecule has 2 aliphatic heterocycles. The Hall–Kier alpha value is -0.990. The third kappa shape index (κ3) is 2.57. The Morgan fingerprint density at radius 3 is 2.48 bits per heavy atom. The van der Waals surface area contributed by atoms with Gasteiger partial charge in [0.1, 0.15) is 17.2 Å². The SMILES string of the molecule is O=C1OC2(c3cc(I)c(O)cc3Oc3c(I)c(O)c(I)c(Cl)c32)c2ccccc21. The molecule has 146 valence electrons. The molecule has 2 aliphatic rings. The highest BCUT2D eigenvalue weighted by Gasteiger charge is 2.56. The maximum Gasteiger partial charge on any atom is 0.340 e. The molecule has 0 aliphatic carbocycles. The first-order valence-electron chi connectivity index (χ1n) is 8.21. The molecule has 3 aromatic carbocycles. The molecule has 1 unspecified atom stereocenters. The lowest BCUT2D eigenvalue weighted by Gasteiger charge is -2.38. The number of hydrogen-bond acceptors (Lipinski definition) is 5. The highest BCUT2D eigenvalue weighted by Crippen LogP contribution is 2.61. The van der Waals surface area contributed by atoms with Gasteiger partial charge in [0.2, 0.25) is 0 Å². The minimum absolute atomic E-state index is 0.0131. The number of benzene rings is 3. The molecule has 0 radical (unpaired) electrons. The zero-order chi connectivity index (χ0) is 20.7. The van der Waals surface area contributed by atoms with Crippen LogP contribution in [0.4, 0.5) is 0 Å². The molecule has 0 fully saturated rings. The second kappa shape index (κ2) is 6.76. The predicted octanol–water partition coefficient (Wildman–Crippen LogP) is 6.13. The van der Waals surface area contributed by atoms with Crippen molar-refractivity contribution >= 4 is 85.3 Å². The Labute approximate surface area is 210 Å². The second-order valence-electron chi connectivity index (χ2n) is 6.51. The smallest absolute Gasteiger partial charge is 0.340 e. The van der Waals surface area contributed by atoms with Gasteiger partial charge in [0.25, 0.3) is 0 Å². The van der Waals surface area contributed by atoms with E-state index >= 15 is 0 Å². The molecule has 0 aromatic heterocycles. The van der Waals surface area contributed by atoms with Crippen molar-refractivity contribution in [2.24, 2.45) is 0 Å². The molecule has 3 aromatic rings. The lowest BCUT2D eigenvalue weighted by atomic mass is 9.77. The van der Waals surface area contributed by atoms with Crippen molar-refractivity contribution in [1.82, 2.24) is 0 Å². The Kier molecular flexibility index (Phi) is 4.65. The minimum Gasteiger partial charge on any atom is -0.507 e. The predicted molar refractivity (Wildman–Crippen MR) is 131 cm³/mol. The number of aromatic hydroxyl groups is 2. The van der Waals surface area contributed by atoms with Crippen LogP contribution < -0.4 is 4.74 Å². The summed E-state index contributed by atoms with van der Waals surface area (Å²) >= 11 is 12.7. The molecule has 5 rings (SSSR count). The summed E-state index contributed by atoms with van der Waals surface area (Å²) < 4.78 is 13.6. The third-order valence-corrected chi connectivity index (χ3v) is 8.63. The molecule has 2 heterocycles. The normalized spacial score (nSPS) is 18.7. The van der Waals surface area contributed by atoms with Crippen molar-refractivity contribution in [2.75, 3.05) is 0 Å². The van der Waals surface area contributed by atoms with Gasteiger partial charge in [0, 0.05) is 17.2 Å². The van der Waals surface area contributed by atoms with Crippen molar-refractivity contribution in [3.8, 4) is 23.0 Å². The quantitative estimate of drug-likeness (QED) is 0.165. The third-order valence-electron chi connectivity index (χ3n) is 5.02. The van der Waals surface area contributed by atoms with Gasteiger partial charge in [-0.25, -0.2) is 4.79 Å². The summed E-state index contributed by atoms with van der Waals surface area (Å²) in [6.07, 6.45) is 0. The van der Waals surface area contributed by atoms with Crippen LogP contribution in [0.1, 0.15) is 27.0 Å². The van der Waals surface area contributed by atoms with Gasteiger partial charge < -0.3 is 19.7 Å². The Morgan fingerprint density at radius 2 is 1.72 bits per heavy atom. The average molecular weight is 744 g/mol. The largest absolute Gasteiger partial charge is 0.507 e. The van der Waals surface area contributed by atoms with Gasteiger partial charge in [-0.3, -0.25) is 0 Å². The molecular weight excluding hydrogens is 736 g/mol. The molecule has 5 nitrogen and oxygen atoms in total. The van der Waals surface area contributed by atoms with Crippen molar-refractivity contribution in [2.45, 2.75) is 5.60 Å². The lowest BCUT2D eigenvalue weighted by molar-refractivity contribution is 0.0223. The van der Waals surface area contributed by atoms with E-state index in [1.54, 1.807) is 18.2 Å². The molecule has 0 saturated carbocycles. The molecule has 9 heteroatoms. The Balaban J connectivity index is 2.00. The summed E-state index contributed by atoms with van der Waals surface area (Å²) in [6, 6.07) is 10.3. The molecule has 2 N–H and O–H groups in total. The van der Waals surface area contributed by atoms with Crippen LogP contribution in [0.15, 0.2) is 36.4 Å². The van der Waals surface area contributed by atoms with E-state index in [0.29, 0.717) is 44.5 Å². The van der Waals surface area contributed by atoms with Gasteiger partial charge in [0.15, 0.2) is 11.4 Å². The van der Waals surface area contributed by atoms with E-state index < -0.39 is 11.6 Å². The van der Waals surface area contributed by atoms with Gasteiger partial charge >= 0.3 is 5.97 Å². The van der Waals surface area contributed by atoms with E-state index in [1.165, 1.54) is 6.07 Å². The van der Waals surface area contributed by atoms with Crippen LogP contribution in [0.5, 0.6) is 23.0 Å². The summed E-state index contributed by atoms with van der Waals surface area (Å²) in [5.41, 5.74) is 0.734. The topological polar surface area (TPSA) is 76.0 Å². The summed E-state index contributed by atoms with van der Waals surface area (Å²) in [5, 5.41) is 21.0. The highest BCUT2D eigenvalue weighted by atomic mass is 127. The molecule has 1 atom stereocenters. The van der Waals surface area contributed by atoms with Gasteiger partial charge in [-0.15, -0.1) is 0 Å². The number of rotatable bonds is 0. The number of esters is 1. The Bertz CT molecular complexity index is 1260. The average Bonchev–Trinajstić information content (AvgIpc) is 2.99. The van der Waals surface area contributed by atoms with Gasteiger partial charge in [0.05, 0.1) is 26.9 Å². The number of phenols is 2. The fourth-order valence-corrected chi connectivity index (χ4v) is 6.27. The molecular formula is C20H8ClI3O5. The summed E-state index contributed by atoms with van der Waals surface area (Å²) in [6.45, 7) is 0. The fourth-order valence-electron chi connectivity index (χ4n) is 3.79. The zero-order valence-corrected chi connectivity index (χ0v) is 21.3. The zero-order valence-electron chi connectivity index (χ0n) is 14.1. The van der Waals surface area contributed by atoms with E-state index in [1.807, 2.05) is 79.9 Å². The van der Waals surface area contributed by atoms with Crippen molar-refractivity contribution in [3.63, 3.8) is 0 Å². The fraction of sp³-hybridized carbons (Fsp3) is 0.0500. The van der Waals surface area contributed by atoms with E-state index in [-0.39, 0.29) is 16.5 Å². The van der Waals surface area contributed by atoms with Crippen molar-refractivity contribution in [3.05, 3.63) is 74.4 Å². The molecule has 1 spiro atoms. The van der Waals surface area contributed by atoms with E-state index in [2.05, 4.69) is 0 Å². The van der Waals surface area contributed by atoms with Crippen LogP contribution in [0, 0.1) is 10.7 Å². The number of hydrogen-bond donors (Lipinski definition) is 2. The number of carbonyl (C=O) groups excluding carboxylic acids is 1. The number of ether oxygens (including phenoxy) is 2. The first-order chi connectivity index (χ1) is 13.8. The first kappa shape index (κ1) is 19.9. The lowest BCUT2D eigenvalue weighted by Crippen LogP contribution is -2.34. The van der Waals surface area contributed by atoms with Gasteiger partial charge in [-0.05, 0) is 79.9 Å². The van der Waals surface area contributed by atoms with Crippen LogP contribution >= 0.6 is 79.4 Å². The molecule has 29 heavy (non-hydrogen) atoms. The highest BCUT2D eigenvalue weighted by molar-refractivity contribution is 14.1. The standard InChI is InChI=1S/C20H8ClI3O5/c21-14-13-18(16(24)17(26)15(14)23)28-12-6-11(25)10(22)5-9(12)20(13)8-4-2-1-3-7(8)19(27)29-20/h1-6,25-26H. The number of phenolic OH excluding ortho intramolecular Hbond substituents is 2. The summed E-state index contributed by atoms with van der Waals surface area (Å²) in [7, 11) is 0. The first-order valence-corrected chi connectivity index (χ1v) is 11.8. The maximum atomic E-state index is 12.8. The van der Waals surface area contributed by atoms with E-state index in [4.69, 9.17) is 21.1 Å². The minimum atomic E-state index is -1.35. The van der Waals surface area contributed by atoms with Crippen LogP contribution in [0.25, 0.3) is 0 Å². The van der Waals surface area contributed by atoms with E-state index in [0.717, 1.165) is 0 Å². The summed E-state index contributed by atoms with van der Waals surface area (Å²) in [5.74, 6) is 0.176. The molecule has 0 bridgehead atoms. The van der Waals surface area contributed by atoms with Crippen LogP contribution in [-0.2, 0) is 10.3 Å². The number of carbonyl (C=O) groups is 1. The van der Waals surface area contributed by atoms with Crippen LogP contribution in [-0.4, -0.2) is 16.2 Å². The monoisotopic (exact) mass is 744 g/mol. The maximum absolute atomic E-state index is 12.8. The Morgan fingerprint density at radius 1 is 1.00 bits per heavy atom. The van der Waals surface area contributed by atoms with Crippen LogP contribution in [0.3, 0.4) is 0 Å². The van der Waals surface area contributed by atoms with Crippen molar-refractivity contribution < 1.29 is 24.5 Å². The van der Waals surface area contributed by atoms with Crippen LogP contribution in [0.2, 0.25) is 5.02 Å². The summed E-state index contributed by atoms with van der Waals surface area (Å²) in [4.78, 5) is 12.8.